The van der Waals surface area contributed by atoms with Crippen molar-refractivity contribution in [2.45, 2.75) is 0 Å². The predicted octanol–water partition coefficient (Wildman–Crippen LogP) is 3.52. The van der Waals surface area contributed by atoms with Crippen molar-refractivity contribution in [2.24, 2.45) is 0 Å². The summed E-state index contributed by atoms with van der Waals surface area (Å²) in [5.41, 5.74) is 2.29. The topological polar surface area (TPSA) is 23.8 Å². The minimum Gasteiger partial charge on any atom is -0.192 e. The average Bonchev–Trinajstić information content (AvgIpc) is 2.52. The van der Waals surface area contributed by atoms with Gasteiger partial charge in [0.1, 0.15) is 6.07 Å². The van der Waals surface area contributed by atoms with Crippen LogP contribution in [-0.2, 0) is 0 Å². The number of nitriles is 1. The van der Waals surface area contributed by atoms with E-state index in [1.54, 1.807) is 18.2 Å². The zero-order valence-electron chi connectivity index (χ0n) is 10.8. The normalized spacial score (nSPS) is 8.95. The maximum Gasteiger partial charge on any atom is 0.100 e. The molecule has 0 aliphatic rings. The highest BCUT2D eigenvalue weighted by molar-refractivity contribution is 5.49. The van der Waals surface area contributed by atoms with Crippen molar-refractivity contribution in [1.82, 2.24) is 0 Å². The van der Waals surface area contributed by atoms with Crippen molar-refractivity contribution < 1.29 is 0 Å². The summed E-state index contributed by atoms with van der Waals surface area (Å²) in [5, 5.41) is 8.93. The molecule has 20 heavy (non-hydrogen) atoms. The lowest BCUT2D eigenvalue weighted by atomic mass is 10.1. The highest BCUT2D eigenvalue weighted by Crippen LogP contribution is 2.04. The van der Waals surface area contributed by atoms with E-state index in [2.05, 4.69) is 29.8 Å². The van der Waals surface area contributed by atoms with Gasteiger partial charge in [-0.1, -0.05) is 54.0 Å². The molecular formula is C19H11N. The minimum atomic E-state index is 0.587. The molecule has 0 heterocycles. The summed E-state index contributed by atoms with van der Waals surface area (Å²) in [6, 6.07) is 19.2. The van der Waals surface area contributed by atoms with E-state index >= 15 is 0 Å². The number of rotatable bonds is 0. The SMILES string of the molecule is N#Cc1ccccc1C#C/C=C/C#Cc1ccccc1. The molecule has 1 nitrogen and oxygen atoms in total. The number of benzene rings is 2. The van der Waals surface area contributed by atoms with Gasteiger partial charge in [0, 0.05) is 11.1 Å². The molecule has 92 valence electrons. The Kier molecular flexibility index (Phi) is 4.81. The van der Waals surface area contributed by atoms with Crippen molar-refractivity contribution in [3.8, 4) is 29.8 Å². The van der Waals surface area contributed by atoms with Crippen molar-refractivity contribution in [3.05, 3.63) is 83.4 Å². The maximum absolute atomic E-state index is 8.93. The van der Waals surface area contributed by atoms with Gasteiger partial charge in [0.15, 0.2) is 0 Å². The van der Waals surface area contributed by atoms with E-state index in [0.717, 1.165) is 11.1 Å². The molecule has 0 saturated heterocycles. The van der Waals surface area contributed by atoms with Crippen LogP contribution >= 0.6 is 0 Å². The quantitative estimate of drug-likeness (QED) is 0.659. The maximum atomic E-state index is 8.93. The monoisotopic (exact) mass is 253 g/mol. The Hall–Kier alpha value is -3.21. The first kappa shape index (κ1) is 13.2. The summed E-state index contributed by atoms with van der Waals surface area (Å²) in [7, 11) is 0. The fraction of sp³-hybridized carbons (Fsp3) is 0. The van der Waals surface area contributed by atoms with E-state index in [1.807, 2.05) is 48.5 Å². The summed E-state index contributed by atoms with van der Waals surface area (Å²) in [5.74, 6) is 11.7. The first-order chi connectivity index (χ1) is 9.90. The van der Waals surface area contributed by atoms with Gasteiger partial charge in [-0.3, -0.25) is 0 Å². The molecule has 2 aromatic rings. The van der Waals surface area contributed by atoms with Gasteiger partial charge in [-0.05, 0) is 36.4 Å². The molecule has 0 fully saturated rings. The van der Waals surface area contributed by atoms with Gasteiger partial charge < -0.3 is 0 Å². The number of nitrogens with zero attached hydrogens (tertiary/aromatic N) is 1. The zero-order chi connectivity index (χ0) is 14.0. The highest BCUT2D eigenvalue weighted by atomic mass is 14.2. The molecule has 0 saturated carbocycles. The molecule has 0 N–H and O–H groups in total. The van der Waals surface area contributed by atoms with Gasteiger partial charge in [0.05, 0.1) is 5.56 Å². The third kappa shape index (κ3) is 3.92. The standard InChI is InChI=1S/C19H11N/c20-16-19-15-9-8-14-18(19)13-7-2-1-4-10-17-11-5-3-6-12-17/h1-3,5-6,8-9,11-12,14-15H/b2-1+. The Labute approximate surface area is 119 Å². The lowest BCUT2D eigenvalue weighted by Crippen LogP contribution is -1.80. The van der Waals surface area contributed by atoms with E-state index in [1.165, 1.54) is 0 Å². The fourth-order valence-electron chi connectivity index (χ4n) is 1.54. The summed E-state index contributed by atoms with van der Waals surface area (Å²) in [6.45, 7) is 0. The van der Waals surface area contributed by atoms with Crippen LogP contribution in [0.4, 0.5) is 0 Å². The van der Waals surface area contributed by atoms with Crippen LogP contribution in [0.1, 0.15) is 16.7 Å². The summed E-state index contributed by atoms with van der Waals surface area (Å²) in [6.07, 6.45) is 3.39. The van der Waals surface area contributed by atoms with Crippen LogP contribution in [-0.4, -0.2) is 0 Å². The largest absolute Gasteiger partial charge is 0.192 e. The second kappa shape index (κ2) is 7.27. The van der Waals surface area contributed by atoms with E-state index in [4.69, 9.17) is 5.26 Å². The molecule has 0 unspecified atom stereocenters. The second-order valence-electron chi connectivity index (χ2n) is 3.90. The molecule has 2 aromatic carbocycles. The van der Waals surface area contributed by atoms with Gasteiger partial charge in [-0.15, -0.1) is 0 Å². The molecule has 0 aliphatic carbocycles. The molecule has 0 amide bonds. The molecule has 0 spiro atoms. The summed E-state index contributed by atoms with van der Waals surface area (Å²) >= 11 is 0. The smallest absolute Gasteiger partial charge is 0.100 e. The summed E-state index contributed by atoms with van der Waals surface area (Å²) in [4.78, 5) is 0. The van der Waals surface area contributed by atoms with Crippen LogP contribution in [0, 0.1) is 35.0 Å². The van der Waals surface area contributed by atoms with Crippen LogP contribution in [0.2, 0.25) is 0 Å². The molecule has 2 rings (SSSR count). The van der Waals surface area contributed by atoms with Crippen LogP contribution in [0.25, 0.3) is 0 Å². The zero-order valence-corrected chi connectivity index (χ0v) is 10.8. The number of hydrogen-bond acceptors (Lipinski definition) is 1. The lowest BCUT2D eigenvalue weighted by Gasteiger charge is -1.91. The Bertz CT molecular complexity index is 769. The van der Waals surface area contributed by atoms with Crippen molar-refractivity contribution >= 4 is 0 Å². The van der Waals surface area contributed by atoms with Gasteiger partial charge in [0.2, 0.25) is 0 Å². The summed E-state index contributed by atoms with van der Waals surface area (Å²) < 4.78 is 0. The molecule has 0 atom stereocenters. The van der Waals surface area contributed by atoms with E-state index in [-0.39, 0.29) is 0 Å². The first-order valence-corrected chi connectivity index (χ1v) is 6.12. The van der Waals surface area contributed by atoms with E-state index < -0.39 is 0 Å². The van der Waals surface area contributed by atoms with Crippen LogP contribution in [0.5, 0.6) is 0 Å². The lowest BCUT2D eigenvalue weighted by molar-refractivity contribution is 1.47. The Balaban J connectivity index is 2.04. The fourth-order valence-corrected chi connectivity index (χ4v) is 1.54. The third-order valence-electron chi connectivity index (χ3n) is 2.49. The molecule has 0 bridgehead atoms. The average molecular weight is 253 g/mol. The van der Waals surface area contributed by atoms with Crippen LogP contribution in [0.3, 0.4) is 0 Å². The molecule has 0 aromatic heterocycles. The van der Waals surface area contributed by atoms with Crippen molar-refractivity contribution in [1.29, 1.82) is 5.26 Å². The molecule has 0 radical (unpaired) electrons. The minimum absolute atomic E-state index is 0.587. The van der Waals surface area contributed by atoms with E-state index in [9.17, 15) is 0 Å². The van der Waals surface area contributed by atoms with Crippen molar-refractivity contribution in [2.75, 3.05) is 0 Å². The highest BCUT2D eigenvalue weighted by Gasteiger charge is 1.94. The predicted molar refractivity (Wildman–Crippen MR) is 80.5 cm³/mol. The van der Waals surface area contributed by atoms with Crippen LogP contribution in [0.15, 0.2) is 66.7 Å². The van der Waals surface area contributed by atoms with Crippen molar-refractivity contribution in [3.63, 3.8) is 0 Å². The van der Waals surface area contributed by atoms with Gasteiger partial charge in [0.25, 0.3) is 0 Å². The van der Waals surface area contributed by atoms with Gasteiger partial charge in [-0.2, -0.15) is 5.26 Å². The second-order valence-corrected chi connectivity index (χ2v) is 3.90. The number of allylic oxidation sites excluding steroid dienone is 2. The third-order valence-corrected chi connectivity index (χ3v) is 2.49. The molecular weight excluding hydrogens is 242 g/mol. The first-order valence-electron chi connectivity index (χ1n) is 6.12. The Morgan fingerprint density at radius 2 is 1.30 bits per heavy atom. The van der Waals surface area contributed by atoms with Gasteiger partial charge >= 0.3 is 0 Å². The van der Waals surface area contributed by atoms with E-state index in [0.29, 0.717) is 5.56 Å². The molecule has 1 heteroatoms. The molecule has 0 aliphatic heterocycles. The Morgan fingerprint density at radius 1 is 0.700 bits per heavy atom. The Morgan fingerprint density at radius 3 is 2.00 bits per heavy atom. The van der Waals surface area contributed by atoms with Crippen LogP contribution < -0.4 is 0 Å². The number of hydrogen-bond donors (Lipinski definition) is 0. The van der Waals surface area contributed by atoms with Gasteiger partial charge in [-0.25, -0.2) is 0 Å².